The predicted molar refractivity (Wildman–Crippen MR) is 117 cm³/mol. The van der Waals surface area contributed by atoms with Crippen LogP contribution < -0.4 is 0 Å². The summed E-state index contributed by atoms with van der Waals surface area (Å²) in [5.74, 6) is 0.968. The lowest BCUT2D eigenvalue weighted by Crippen LogP contribution is -2.55. The van der Waals surface area contributed by atoms with Crippen LogP contribution in [0.5, 0.6) is 0 Å². The lowest BCUT2D eigenvalue weighted by Gasteiger charge is -2.43. The van der Waals surface area contributed by atoms with Crippen molar-refractivity contribution in [2.45, 2.75) is 112 Å². The van der Waals surface area contributed by atoms with Crippen molar-refractivity contribution in [3.8, 4) is 0 Å². The van der Waals surface area contributed by atoms with Gasteiger partial charge in [-0.25, -0.2) is 0 Å². The normalized spacial score (nSPS) is 25.7. The first-order chi connectivity index (χ1) is 12.2. The summed E-state index contributed by atoms with van der Waals surface area (Å²) >= 11 is 0. The smallest absolute Gasteiger partial charge is 0.0198 e. The van der Waals surface area contributed by atoms with E-state index in [0.29, 0.717) is 12.1 Å². The Morgan fingerprint density at radius 1 is 0.615 bits per heavy atom. The van der Waals surface area contributed by atoms with Crippen molar-refractivity contribution in [3.05, 3.63) is 0 Å². The lowest BCUT2D eigenvalue weighted by molar-refractivity contribution is 0.0447. The zero-order valence-electron chi connectivity index (χ0n) is 19.3. The van der Waals surface area contributed by atoms with Crippen molar-refractivity contribution in [1.29, 1.82) is 0 Å². The number of piperazine rings is 1. The minimum Gasteiger partial charge on any atom is -0.301 e. The monoisotopic (exact) mass is 367 g/mol. The van der Waals surface area contributed by atoms with Gasteiger partial charge in [-0.15, -0.1) is 0 Å². The highest BCUT2D eigenvalue weighted by Gasteiger charge is 2.26. The summed E-state index contributed by atoms with van der Waals surface area (Å²) in [4.78, 5) is 7.74. The van der Waals surface area contributed by atoms with E-state index in [2.05, 4.69) is 70.1 Å². The van der Waals surface area contributed by atoms with Crippen LogP contribution in [0.25, 0.3) is 0 Å². The average molecular weight is 368 g/mol. The first kappa shape index (κ1) is 23.9. The van der Waals surface area contributed by atoms with Crippen molar-refractivity contribution in [1.82, 2.24) is 14.7 Å². The molecular formula is C23H49N3. The van der Waals surface area contributed by atoms with Crippen molar-refractivity contribution < 1.29 is 0 Å². The third-order valence-corrected chi connectivity index (χ3v) is 6.01. The maximum Gasteiger partial charge on any atom is 0.0198 e. The van der Waals surface area contributed by atoms with Gasteiger partial charge in [0.05, 0.1) is 0 Å². The van der Waals surface area contributed by atoms with Crippen LogP contribution >= 0.6 is 0 Å². The SMILES string of the molecule is C1CC1.CC(C)N1CCN(C(C)C)C(C)C1.CC1CCN(C(C)C)CC1. The molecule has 0 spiro atoms. The van der Waals surface area contributed by atoms with Crippen LogP contribution in [0.1, 0.15) is 87.5 Å². The molecule has 3 nitrogen and oxygen atoms in total. The summed E-state index contributed by atoms with van der Waals surface area (Å²) in [5.41, 5.74) is 0. The molecule has 2 heterocycles. The van der Waals surface area contributed by atoms with E-state index in [-0.39, 0.29) is 0 Å². The Morgan fingerprint density at radius 2 is 1.12 bits per heavy atom. The second kappa shape index (κ2) is 12.4. The van der Waals surface area contributed by atoms with E-state index in [1.54, 1.807) is 0 Å². The van der Waals surface area contributed by atoms with E-state index in [0.717, 1.165) is 18.0 Å². The standard InChI is InChI=1S/C11H24N2.C9H19N.C3H6/c1-9(2)12-6-7-13(10(3)4)11(5)8-12;1-8(2)10-6-4-9(3)5-7-10;1-2-3-1/h9-11H,6-8H2,1-5H3;8-9H,4-7H2,1-3H3;1-3H2. The second-order valence-electron chi connectivity index (χ2n) is 9.64. The highest BCUT2D eigenvalue weighted by atomic mass is 15.3. The van der Waals surface area contributed by atoms with E-state index in [1.165, 1.54) is 64.8 Å². The summed E-state index contributed by atoms with van der Waals surface area (Å²) in [7, 11) is 0. The molecule has 0 aromatic carbocycles. The molecule has 3 fully saturated rings. The summed E-state index contributed by atoms with van der Waals surface area (Å²) < 4.78 is 0. The number of nitrogens with zero attached hydrogens (tertiary/aromatic N) is 3. The molecule has 0 bridgehead atoms. The molecule has 1 unspecified atom stereocenters. The lowest BCUT2D eigenvalue weighted by atomic mass is 9.98. The fraction of sp³-hybridized carbons (Fsp3) is 1.00. The van der Waals surface area contributed by atoms with Gasteiger partial charge in [0.25, 0.3) is 0 Å². The predicted octanol–water partition coefficient (Wildman–Crippen LogP) is 5.11. The molecule has 0 radical (unpaired) electrons. The Bertz CT molecular complexity index is 341. The molecule has 2 saturated heterocycles. The van der Waals surface area contributed by atoms with Gasteiger partial charge < -0.3 is 4.90 Å². The second-order valence-corrected chi connectivity index (χ2v) is 9.64. The Labute approximate surface area is 165 Å². The molecule has 1 aliphatic carbocycles. The van der Waals surface area contributed by atoms with Gasteiger partial charge in [-0.05, 0) is 80.3 Å². The van der Waals surface area contributed by atoms with Crippen molar-refractivity contribution in [2.24, 2.45) is 5.92 Å². The number of piperidine rings is 1. The Hall–Kier alpha value is -0.120. The minimum atomic E-state index is 0.698. The molecule has 26 heavy (non-hydrogen) atoms. The van der Waals surface area contributed by atoms with Crippen molar-refractivity contribution in [3.63, 3.8) is 0 Å². The van der Waals surface area contributed by atoms with Crippen LogP contribution in [-0.4, -0.2) is 71.6 Å². The van der Waals surface area contributed by atoms with E-state index in [9.17, 15) is 0 Å². The zero-order valence-corrected chi connectivity index (χ0v) is 19.3. The first-order valence-corrected chi connectivity index (χ1v) is 11.5. The van der Waals surface area contributed by atoms with Crippen molar-refractivity contribution >= 4 is 0 Å². The molecule has 156 valence electrons. The molecule has 0 aromatic heterocycles. The van der Waals surface area contributed by atoms with Gasteiger partial charge >= 0.3 is 0 Å². The molecule has 0 amide bonds. The molecular weight excluding hydrogens is 318 g/mol. The summed E-state index contributed by atoms with van der Waals surface area (Å²) in [5, 5.41) is 0. The van der Waals surface area contributed by atoms with Crippen LogP contribution in [0.4, 0.5) is 0 Å². The average Bonchev–Trinajstić information content (AvgIpc) is 3.44. The fourth-order valence-corrected chi connectivity index (χ4v) is 3.78. The first-order valence-electron chi connectivity index (χ1n) is 11.5. The summed E-state index contributed by atoms with van der Waals surface area (Å²) in [6.07, 6.45) is 7.30. The minimum absolute atomic E-state index is 0.698. The summed E-state index contributed by atoms with van der Waals surface area (Å²) in [6.45, 7) is 24.8. The van der Waals surface area contributed by atoms with Crippen LogP contribution in [0.15, 0.2) is 0 Å². The highest BCUT2D eigenvalue weighted by Crippen LogP contribution is 2.17. The fourth-order valence-electron chi connectivity index (χ4n) is 3.78. The van der Waals surface area contributed by atoms with Gasteiger partial charge in [-0.2, -0.15) is 0 Å². The summed E-state index contributed by atoms with van der Waals surface area (Å²) in [6, 6.07) is 2.88. The number of rotatable bonds is 3. The molecule has 3 aliphatic rings. The largest absolute Gasteiger partial charge is 0.301 e. The van der Waals surface area contributed by atoms with Gasteiger partial charge in [-0.1, -0.05) is 26.2 Å². The Balaban J connectivity index is 0.000000228. The Morgan fingerprint density at radius 3 is 1.46 bits per heavy atom. The van der Waals surface area contributed by atoms with E-state index < -0.39 is 0 Å². The molecule has 3 heteroatoms. The topological polar surface area (TPSA) is 9.72 Å². The van der Waals surface area contributed by atoms with Crippen molar-refractivity contribution in [2.75, 3.05) is 32.7 Å². The quantitative estimate of drug-likeness (QED) is 0.686. The molecule has 1 saturated carbocycles. The number of hydrogen-bond donors (Lipinski definition) is 0. The van der Waals surface area contributed by atoms with Gasteiger partial charge in [0.1, 0.15) is 0 Å². The van der Waals surface area contributed by atoms with E-state index >= 15 is 0 Å². The van der Waals surface area contributed by atoms with Gasteiger partial charge in [0.15, 0.2) is 0 Å². The van der Waals surface area contributed by atoms with Gasteiger partial charge in [0, 0.05) is 43.8 Å². The maximum atomic E-state index is 2.60. The van der Waals surface area contributed by atoms with Gasteiger partial charge in [0.2, 0.25) is 0 Å². The van der Waals surface area contributed by atoms with Gasteiger partial charge in [-0.3, -0.25) is 9.80 Å². The molecule has 0 N–H and O–H groups in total. The van der Waals surface area contributed by atoms with E-state index in [1.807, 2.05) is 0 Å². The van der Waals surface area contributed by atoms with Crippen LogP contribution in [-0.2, 0) is 0 Å². The highest BCUT2D eigenvalue weighted by molar-refractivity contribution is 4.82. The van der Waals surface area contributed by atoms with Crippen LogP contribution in [0, 0.1) is 5.92 Å². The van der Waals surface area contributed by atoms with Crippen LogP contribution in [0.3, 0.4) is 0 Å². The number of hydrogen-bond acceptors (Lipinski definition) is 3. The van der Waals surface area contributed by atoms with E-state index in [4.69, 9.17) is 0 Å². The third-order valence-electron chi connectivity index (χ3n) is 6.01. The zero-order chi connectivity index (χ0) is 19.7. The molecule has 3 rings (SSSR count). The third kappa shape index (κ3) is 9.71. The molecule has 2 aliphatic heterocycles. The number of likely N-dealkylation sites (tertiary alicyclic amines) is 1. The maximum absolute atomic E-state index is 2.60. The molecule has 1 atom stereocenters. The Kier molecular flexibility index (Phi) is 11.4. The van der Waals surface area contributed by atoms with Crippen LogP contribution in [0.2, 0.25) is 0 Å². The molecule has 0 aromatic rings.